The van der Waals surface area contributed by atoms with Crippen molar-refractivity contribution >= 4 is 0 Å². The van der Waals surface area contributed by atoms with E-state index in [0.29, 0.717) is 29.5 Å². The summed E-state index contributed by atoms with van der Waals surface area (Å²) in [6.45, 7) is 7.25. The summed E-state index contributed by atoms with van der Waals surface area (Å²) >= 11 is 0. The van der Waals surface area contributed by atoms with Gasteiger partial charge in [0.2, 0.25) is 0 Å². The molecule has 3 fully saturated rings. The van der Waals surface area contributed by atoms with Gasteiger partial charge in [-0.25, -0.2) is 0 Å². The van der Waals surface area contributed by atoms with Crippen LogP contribution in [0.4, 0.5) is 0 Å². The van der Waals surface area contributed by atoms with Gasteiger partial charge in [0.05, 0.1) is 12.7 Å². The average Bonchev–Trinajstić information content (AvgIpc) is 3.01. The Balaban J connectivity index is 1.60. The smallest absolute Gasteiger partial charge is 0.0661 e. The maximum Gasteiger partial charge on any atom is 0.0661 e. The van der Waals surface area contributed by atoms with Crippen molar-refractivity contribution in [2.45, 2.75) is 77.0 Å². The Hall–Kier alpha value is -0.120. The van der Waals surface area contributed by atoms with E-state index in [1.54, 1.807) is 0 Å². The second kappa shape index (κ2) is 6.33. The molecule has 1 spiro atoms. The van der Waals surface area contributed by atoms with Gasteiger partial charge < -0.3 is 14.8 Å². The third kappa shape index (κ3) is 2.65. The lowest BCUT2D eigenvalue weighted by Crippen LogP contribution is -2.66. The highest BCUT2D eigenvalue weighted by atomic mass is 16.5. The highest BCUT2D eigenvalue weighted by Crippen LogP contribution is 2.53. The molecule has 2 saturated carbocycles. The van der Waals surface area contributed by atoms with Crippen LogP contribution in [0.15, 0.2) is 0 Å². The van der Waals surface area contributed by atoms with Gasteiger partial charge in [-0.2, -0.15) is 0 Å². The van der Waals surface area contributed by atoms with Crippen LogP contribution in [-0.4, -0.2) is 38.0 Å². The van der Waals surface area contributed by atoms with Crippen LogP contribution in [0.2, 0.25) is 0 Å². The number of rotatable bonds is 5. The minimum atomic E-state index is 0.446. The van der Waals surface area contributed by atoms with E-state index in [4.69, 9.17) is 9.47 Å². The van der Waals surface area contributed by atoms with Crippen LogP contribution >= 0.6 is 0 Å². The second-order valence-corrected chi connectivity index (χ2v) is 7.11. The lowest BCUT2D eigenvalue weighted by atomic mass is 9.55. The van der Waals surface area contributed by atoms with Crippen molar-refractivity contribution in [2.75, 3.05) is 19.8 Å². The fourth-order valence-electron chi connectivity index (χ4n) is 4.70. The molecule has 3 aliphatic rings. The molecule has 0 bridgehead atoms. The van der Waals surface area contributed by atoms with Gasteiger partial charge in [0.15, 0.2) is 0 Å². The van der Waals surface area contributed by atoms with Crippen molar-refractivity contribution in [2.24, 2.45) is 11.3 Å². The molecular formula is C17H31NO2. The summed E-state index contributed by atoms with van der Waals surface area (Å²) in [6, 6.07) is 1.26. The highest BCUT2D eigenvalue weighted by Gasteiger charge is 2.55. The van der Waals surface area contributed by atoms with Crippen molar-refractivity contribution in [3.8, 4) is 0 Å². The molecule has 3 rings (SSSR count). The molecule has 3 nitrogen and oxygen atoms in total. The van der Waals surface area contributed by atoms with Gasteiger partial charge in [-0.15, -0.1) is 0 Å². The normalized spacial score (nSPS) is 37.8. The fraction of sp³-hybridized carbons (Fsp3) is 1.00. The van der Waals surface area contributed by atoms with E-state index in [9.17, 15) is 0 Å². The van der Waals surface area contributed by atoms with Crippen LogP contribution in [0, 0.1) is 11.3 Å². The Labute approximate surface area is 123 Å². The van der Waals surface area contributed by atoms with Crippen LogP contribution in [0.5, 0.6) is 0 Å². The van der Waals surface area contributed by atoms with E-state index in [0.717, 1.165) is 19.8 Å². The molecule has 4 atom stereocenters. The number of hydrogen-bond acceptors (Lipinski definition) is 3. The van der Waals surface area contributed by atoms with Gasteiger partial charge in [-0.05, 0) is 45.4 Å². The Morgan fingerprint density at radius 2 is 2.10 bits per heavy atom. The van der Waals surface area contributed by atoms with Crippen LogP contribution in [0.3, 0.4) is 0 Å². The molecule has 4 unspecified atom stereocenters. The molecule has 3 heteroatoms. The fourth-order valence-corrected chi connectivity index (χ4v) is 4.70. The van der Waals surface area contributed by atoms with Gasteiger partial charge in [-0.3, -0.25) is 0 Å². The van der Waals surface area contributed by atoms with Crippen LogP contribution in [-0.2, 0) is 9.47 Å². The molecule has 0 aromatic heterocycles. The molecule has 20 heavy (non-hydrogen) atoms. The summed E-state index contributed by atoms with van der Waals surface area (Å²) in [5.74, 6) is 0.710. The Kier molecular flexibility index (Phi) is 4.68. The average molecular weight is 281 g/mol. The van der Waals surface area contributed by atoms with Gasteiger partial charge in [0.25, 0.3) is 0 Å². The topological polar surface area (TPSA) is 30.5 Å². The van der Waals surface area contributed by atoms with Crippen molar-refractivity contribution in [3.05, 3.63) is 0 Å². The quantitative estimate of drug-likeness (QED) is 0.840. The van der Waals surface area contributed by atoms with E-state index in [1.807, 2.05) is 0 Å². The van der Waals surface area contributed by atoms with E-state index in [1.165, 1.54) is 44.9 Å². The molecule has 116 valence electrons. The third-order valence-electron chi connectivity index (χ3n) is 6.07. The summed E-state index contributed by atoms with van der Waals surface area (Å²) in [4.78, 5) is 0. The summed E-state index contributed by atoms with van der Waals surface area (Å²) in [5, 5.41) is 3.95. The highest BCUT2D eigenvalue weighted by molar-refractivity contribution is 5.09. The Morgan fingerprint density at radius 1 is 1.30 bits per heavy atom. The monoisotopic (exact) mass is 281 g/mol. The third-order valence-corrected chi connectivity index (χ3v) is 6.07. The summed E-state index contributed by atoms with van der Waals surface area (Å²) in [7, 11) is 0. The van der Waals surface area contributed by atoms with Gasteiger partial charge in [-0.1, -0.05) is 19.3 Å². The first-order chi connectivity index (χ1) is 9.76. The predicted molar refractivity (Wildman–Crippen MR) is 80.9 cm³/mol. The summed E-state index contributed by atoms with van der Waals surface area (Å²) in [6.07, 6.45) is 9.88. The van der Waals surface area contributed by atoms with Gasteiger partial charge in [0.1, 0.15) is 0 Å². The van der Waals surface area contributed by atoms with Crippen molar-refractivity contribution in [1.29, 1.82) is 0 Å². The minimum absolute atomic E-state index is 0.446. The maximum atomic E-state index is 6.04. The van der Waals surface area contributed by atoms with Crippen LogP contribution < -0.4 is 5.32 Å². The molecule has 1 N–H and O–H groups in total. The SMILES string of the molecule is CCOC1CC(NC(C)C2CCOC2)C12CCCCC2. The molecule has 2 aliphatic carbocycles. The molecule has 0 radical (unpaired) electrons. The van der Waals surface area contributed by atoms with E-state index >= 15 is 0 Å². The van der Waals surface area contributed by atoms with Crippen molar-refractivity contribution < 1.29 is 9.47 Å². The molecule has 0 aromatic carbocycles. The van der Waals surface area contributed by atoms with Gasteiger partial charge >= 0.3 is 0 Å². The number of nitrogens with one attached hydrogen (secondary N) is 1. The number of ether oxygens (including phenoxy) is 2. The first kappa shape index (κ1) is 14.8. The molecule has 1 saturated heterocycles. The lowest BCUT2D eigenvalue weighted by molar-refractivity contribution is -0.152. The zero-order valence-electron chi connectivity index (χ0n) is 13.2. The molecule has 1 heterocycles. The van der Waals surface area contributed by atoms with E-state index in [2.05, 4.69) is 19.2 Å². The van der Waals surface area contributed by atoms with E-state index < -0.39 is 0 Å². The molecule has 1 aliphatic heterocycles. The van der Waals surface area contributed by atoms with Crippen LogP contribution in [0.25, 0.3) is 0 Å². The molecule has 0 amide bonds. The zero-order valence-corrected chi connectivity index (χ0v) is 13.2. The zero-order chi connectivity index (χ0) is 14.0. The standard InChI is InChI=1S/C17H31NO2/c1-3-20-16-11-15(17(16)8-5-4-6-9-17)18-13(2)14-7-10-19-12-14/h13-16,18H,3-12H2,1-2H3. The largest absolute Gasteiger partial charge is 0.381 e. The molecule has 0 aromatic rings. The minimum Gasteiger partial charge on any atom is -0.381 e. The van der Waals surface area contributed by atoms with Crippen molar-refractivity contribution in [3.63, 3.8) is 0 Å². The van der Waals surface area contributed by atoms with Crippen LogP contribution in [0.1, 0.15) is 58.8 Å². The second-order valence-electron chi connectivity index (χ2n) is 7.11. The van der Waals surface area contributed by atoms with Gasteiger partial charge in [0, 0.05) is 30.7 Å². The predicted octanol–water partition coefficient (Wildman–Crippen LogP) is 3.13. The van der Waals surface area contributed by atoms with E-state index in [-0.39, 0.29) is 0 Å². The summed E-state index contributed by atoms with van der Waals surface area (Å²) < 4.78 is 11.6. The van der Waals surface area contributed by atoms with Crippen molar-refractivity contribution in [1.82, 2.24) is 5.32 Å². The first-order valence-electron chi connectivity index (χ1n) is 8.71. The molecular weight excluding hydrogens is 250 g/mol. The Bertz CT molecular complexity index is 308. The lowest BCUT2D eigenvalue weighted by Gasteiger charge is -2.58. The Morgan fingerprint density at radius 3 is 2.75 bits per heavy atom. The first-order valence-corrected chi connectivity index (χ1v) is 8.71. The number of hydrogen-bond donors (Lipinski definition) is 1. The summed E-state index contributed by atoms with van der Waals surface area (Å²) in [5.41, 5.74) is 0.446. The maximum absolute atomic E-state index is 6.04.